The van der Waals surface area contributed by atoms with Crippen LogP contribution in [-0.4, -0.2) is 19.1 Å². The van der Waals surface area contributed by atoms with E-state index < -0.39 is 11.6 Å². The van der Waals surface area contributed by atoms with E-state index in [-0.39, 0.29) is 11.7 Å². The largest absolute Gasteiger partial charge is 0.367 e. The molecule has 1 saturated heterocycles. The molecule has 1 heterocycles. The highest BCUT2D eigenvalue weighted by molar-refractivity contribution is 5.49. The van der Waals surface area contributed by atoms with Crippen LogP contribution in [0.1, 0.15) is 12.8 Å². The third kappa shape index (κ3) is 2.09. The van der Waals surface area contributed by atoms with Crippen LogP contribution in [0.5, 0.6) is 0 Å². The average molecular weight is 212 g/mol. The van der Waals surface area contributed by atoms with Crippen LogP contribution in [0.3, 0.4) is 0 Å². The molecule has 1 aliphatic rings. The molecular weight excluding hydrogens is 198 g/mol. The molecule has 82 valence electrons. The van der Waals surface area contributed by atoms with Crippen molar-refractivity contribution in [1.29, 1.82) is 0 Å². The molecule has 0 spiro atoms. The highest BCUT2D eigenvalue weighted by Crippen LogP contribution is 2.25. The van der Waals surface area contributed by atoms with E-state index in [4.69, 9.17) is 5.73 Å². The van der Waals surface area contributed by atoms with Gasteiger partial charge in [-0.1, -0.05) is 6.07 Å². The molecular formula is C11H14F2N2. The molecule has 2 N–H and O–H groups in total. The van der Waals surface area contributed by atoms with Crippen LogP contribution < -0.4 is 10.6 Å². The van der Waals surface area contributed by atoms with Gasteiger partial charge in [0.25, 0.3) is 0 Å². The van der Waals surface area contributed by atoms with Gasteiger partial charge in [0.2, 0.25) is 0 Å². The van der Waals surface area contributed by atoms with E-state index in [9.17, 15) is 8.78 Å². The first-order valence-electron chi connectivity index (χ1n) is 5.13. The molecule has 0 bridgehead atoms. The molecule has 1 aromatic rings. The number of halogens is 2. The van der Waals surface area contributed by atoms with Crippen LogP contribution in [0.2, 0.25) is 0 Å². The topological polar surface area (TPSA) is 29.3 Å². The number of hydrogen-bond acceptors (Lipinski definition) is 2. The molecule has 2 rings (SSSR count). The first kappa shape index (κ1) is 10.4. The van der Waals surface area contributed by atoms with Crippen molar-refractivity contribution in [1.82, 2.24) is 0 Å². The Balaban J connectivity index is 2.22. The maximum absolute atomic E-state index is 13.4. The number of rotatable bonds is 1. The standard InChI is InChI=1S/C11H14F2N2/c12-9-2-1-3-10(13)11(9)15-6-4-8(14)5-7-15/h1-3,8H,4-7,14H2. The van der Waals surface area contributed by atoms with Crippen LogP contribution in [0.4, 0.5) is 14.5 Å². The van der Waals surface area contributed by atoms with E-state index in [0.29, 0.717) is 13.1 Å². The van der Waals surface area contributed by atoms with Crippen LogP contribution in [0, 0.1) is 11.6 Å². The lowest BCUT2D eigenvalue weighted by molar-refractivity contribution is 0.483. The van der Waals surface area contributed by atoms with Gasteiger partial charge in [-0.05, 0) is 25.0 Å². The Bertz CT molecular complexity index is 326. The predicted octanol–water partition coefficient (Wildman–Crippen LogP) is 1.89. The molecule has 0 amide bonds. The van der Waals surface area contributed by atoms with Gasteiger partial charge in [0.1, 0.15) is 17.3 Å². The Morgan fingerprint density at radius 2 is 1.67 bits per heavy atom. The number of para-hydroxylation sites is 1. The minimum Gasteiger partial charge on any atom is -0.367 e. The van der Waals surface area contributed by atoms with Crippen LogP contribution in [-0.2, 0) is 0 Å². The van der Waals surface area contributed by atoms with Crippen LogP contribution in [0.15, 0.2) is 18.2 Å². The van der Waals surface area contributed by atoms with Gasteiger partial charge in [0.15, 0.2) is 0 Å². The molecule has 0 unspecified atom stereocenters. The van der Waals surface area contributed by atoms with Gasteiger partial charge in [0, 0.05) is 19.1 Å². The quantitative estimate of drug-likeness (QED) is 0.770. The van der Waals surface area contributed by atoms with Gasteiger partial charge in [-0.15, -0.1) is 0 Å². The number of anilines is 1. The van der Waals surface area contributed by atoms with Crippen molar-refractivity contribution in [2.75, 3.05) is 18.0 Å². The van der Waals surface area contributed by atoms with E-state index in [0.717, 1.165) is 12.8 Å². The molecule has 1 fully saturated rings. The Hall–Kier alpha value is -1.16. The van der Waals surface area contributed by atoms with Crippen LogP contribution in [0.25, 0.3) is 0 Å². The lowest BCUT2D eigenvalue weighted by Gasteiger charge is -2.32. The number of nitrogens with two attached hydrogens (primary N) is 1. The van der Waals surface area contributed by atoms with Crippen LogP contribution >= 0.6 is 0 Å². The van der Waals surface area contributed by atoms with Gasteiger partial charge >= 0.3 is 0 Å². The Morgan fingerprint density at radius 3 is 2.20 bits per heavy atom. The highest BCUT2D eigenvalue weighted by Gasteiger charge is 2.21. The summed E-state index contributed by atoms with van der Waals surface area (Å²) in [5.74, 6) is -0.990. The molecule has 1 aliphatic heterocycles. The minimum atomic E-state index is -0.495. The van der Waals surface area contributed by atoms with Gasteiger partial charge in [0.05, 0.1) is 0 Å². The number of nitrogens with zero attached hydrogens (tertiary/aromatic N) is 1. The lowest BCUT2D eigenvalue weighted by Crippen LogP contribution is -2.40. The third-order valence-corrected chi connectivity index (χ3v) is 2.79. The molecule has 0 radical (unpaired) electrons. The zero-order valence-corrected chi connectivity index (χ0v) is 8.42. The van der Waals surface area contributed by atoms with Gasteiger partial charge in [-0.2, -0.15) is 0 Å². The molecule has 4 heteroatoms. The molecule has 0 atom stereocenters. The monoisotopic (exact) mass is 212 g/mol. The zero-order chi connectivity index (χ0) is 10.8. The van der Waals surface area contributed by atoms with Crippen molar-refractivity contribution in [3.63, 3.8) is 0 Å². The van der Waals surface area contributed by atoms with Gasteiger partial charge in [-0.3, -0.25) is 0 Å². The first-order valence-corrected chi connectivity index (χ1v) is 5.13. The van der Waals surface area contributed by atoms with E-state index >= 15 is 0 Å². The summed E-state index contributed by atoms with van der Waals surface area (Å²) in [5, 5.41) is 0. The van der Waals surface area contributed by atoms with E-state index in [1.807, 2.05) is 0 Å². The number of hydrogen-bond donors (Lipinski definition) is 1. The Kier molecular flexibility index (Phi) is 2.86. The van der Waals surface area contributed by atoms with Gasteiger partial charge < -0.3 is 10.6 Å². The van der Waals surface area contributed by atoms with E-state index in [1.54, 1.807) is 4.90 Å². The Morgan fingerprint density at radius 1 is 1.13 bits per heavy atom. The molecule has 0 aromatic heterocycles. The van der Waals surface area contributed by atoms with Crippen molar-refractivity contribution in [2.45, 2.75) is 18.9 Å². The van der Waals surface area contributed by atoms with Gasteiger partial charge in [-0.25, -0.2) is 8.78 Å². The van der Waals surface area contributed by atoms with Crippen molar-refractivity contribution in [2.24, 2.45) is 5.73 Å². The predicted molar refractivity (Wildman–Crippen MR) is 55.8 cm³/mol. The normalized spacial score (nSPS) is 18.2. The fraction of sp³-hybridized carbons (Fsp3) is 0.455. The summed E-state index contributed by atoms with van der Waals surface area (Å²) >= 11 is 0. The molecule has 2 nitrogen and oxygen atoms in total. The second-order valence-electron chi connectivity index (χ2n) is 3.89. The highest BCUT2D eigenvalue weighted by atomic mass is 19.1. The average Bonchev–Trinajstić information content (AvgIpc) is 2.20. The first-order chi connectivity index (χ1) is 7.18. The third-order valence-electron chi connectivity index (χ3n) is 2.79. The smallest absolute Gasteiger partial charge is 0.149 e. The maximum atomic E-state index is 13.4. The minimum absolute atomic E-state index is 0.0874. The van der Waals surface area contributed by atoms with E-state index in [1.165, 1.54) is 18.2 Å². The fourth-order valence-corrected chi connectivity index (χ4v) is 1.91. The summed E-state index contributed by atoms with van der Waals surface area (Å²) in [5.41, 5.74) is 5.82. The summed E-state index contributed by atoms with van der Waals surface area (Å²) in [6.07, 6.45) is 1.57. The summed E-state index contributed by atoms with van der Waals surface area (Å²) in [7, 11) is 0. The molecule has 15 heavy (non-hydrogen) atoms. The molecule has 0 saturated carbocycles. The number of piperidine rings is 1. The van der Waals surface area contributed by atoms with Crippen molar-refractivity contribution < 1.29 is 8.78 Å². The summed E-state index contributed by atoms with van der Waals surface area (Å²) in [6, 6.07) is 4.11. The lowest BCUT2D eigenvalue weighted by atomic mass is 10.1. The summed E-state index contributed by atoms with van der Waals surface area (Å²) in [4.78, 5) is 1.73. The zero-order valence-electron chi connectivity index (χ0n) is 8.42. The number of benzene rings is 1. The van der Waals surface area contributed by atoms with Crippen molar-refractivity contribution >= 4 is 5.69 Å². The summed E-state index contributed by atoms with van der Waals surface area (Å²) < 4.78 is 26.8. The Labute approximate surface area is 87.7 Å². The second-order valence-corrected chi connectivity index (χ2v) is 3.89. The second kappa shape index (κ2) is 4.14. The maximum Gasteiger partial charge on any atom is 0.149 e. The van der Waals surface area contributed by atoms with Crippen molar-refractivity contribution in [3.05, 3.63) is 29.8 Å². The SMILES string of the molecule is NC1CCN(c2c(F)cccc2F)CC1. The van der Waals surface area contributed by atoms with E-state index in [2.05, 4.69) is 0 Å². The molecule has 0 aliphatic carbocycles. The fourth-order valence-electron chi connectivity index (χ4n) is 1.91. The molecule has 1 aromatic carbocycles. The van der Waals surface area contributed by atoms with Crippen molar-refractivity contribution in [3.8, 4) is 0 Å². The summed E-state index contributed by atoms with van der Waals surface area (Å²) in [6.45, 7) is 1.25.